The zero-order chi connectivity index (χ0) is 19.1. The highest BCUT2D eigenvalue weighted by atomic mass is 19.3. The molecule has 140 valence electrons. The molecule has 3 aromatic rings. The molecule has 0 unspecified atom stereocenters. The average Bonchev–Trinajstić information content (AvgIpc) is 3.16. The number of aromatic nitrogens is 1. The lowest BCUT2D eigenvalue weighted by atomic mass is 10.1. The van der Waals surface area contributed by atoms with Gasteiger partial charge in [-0.3, -0.25) is 9.78 Å². The maximum atomic E-state index is 12.8. The van der Waals surface area contributed by atoms with Crippen LogP contribution in [-0.4, -0.2) is 22.4 Å². The Morgan fingerprint density at radius 2 is 1.89 bits per heavy atom. The summed E-state index contributed by atoms with van der Waals surface area (Å²) in [6.07, 6.45) is 5.07. The molecule has 3 rings (SSSR count). The number of rotatable bonds is 8. The van der Waals surface area contributed by atoms with Crippen LogP contribution in [0.1, 0.15) is 16.9 Å². The molecular weight excluding hydrogens is 354 g/mol. The lowest BCUT2D eigenvalue weighted by molar-refractivity contribution is -0.132. The molecule has 1 amide bonds. The van der Waals surface area contributed by atoms with E-state index in [0.717, 1.165) is 5.56 Å². The van der Waals surface area contributed by atoms with Crippen molar-refractivity contribution < 1.29 is 22.7 Å². The molecule has 0 atom stereocenters. The van der Waals surface area contributed by atoms with Crippen LogP contribution in [0.5, 0.6) is 5.75 Å². The van der Waals surface area contributed by atoms with Gasteiger partial charge in [0, 0.05) is 18.9 Å². The second kappa shape index (κ2) is 8.93. The van der Waals surface area contributed by atoms with Gasteiger partial charge in [-0.15, -0.1) is 0 Å². The van der Waals surface area contributed by atoms with Crippen LogP contribution in [0.3, 0.4) is 0 Å². The van der Waals surface area contributed by atoms with Crippen LogP contribution < -0.4 is 4.74 Å². The van der Waals surface area contributed by atoms with E-state index >= 15 is 0 Å². The van der Waals surface area contributed by atoms with E-state index in [-0.39, 0.29) is 18.1 Å². The van der Waals surface area contributed by atoms with Crippen molar-refractivity contribution >= 4 is 5.91 Å². The molecule has 0 radical (unpaired) electrons. The van der Waals surface area contributed by atoms with Crippen molar-refractivity contribution in [1.29, 1.82) is 0 Å². The maximum Gasteiger partial charge on any atom is 0.387 e. The van der Waals surface area contributed by atoms with E-state index < -0.39 is 6.61 Å². The van der Waals surface area contributed by atoms with Gasteiger partial charge in [0.25, 0.3) is 0 Å². The van der Waals surface area contributed by atoms with Crippen molar-refractivity contribution in [1.82, 2.24) is 9.88 Å². The fourth-order valence-electron chi connectivity index (χ4n) is 2.61. The third-order valence-corrected chi connectivity index (χ3v) is 3.88. The van der Waals surface area contributed by atoms with Gasteiger partial charge in [0.15, 0.2) is 0 Å². The number of nitrogens with zero attached hydrogens (tertiary/aromatic N) is 2. The lowest BCUT2D eigenvalue weighted by Crippen LogP contribution is -2.31. The number of hydrogen-bond donors (Lipinski definition) is 0. The average molecular weight is 372 g/mol. The summed E-state index contributed by atoms with van der Waals surface area (Å²) in [5, 5.41) is 0. The van der Waals surface area contributed by atoms with Crippen LogP contribution in [0.25, 0.3) is 0 Å². The maximum absolute atomic E-state index is 12.8. The van der Waals surface area contributed by atoms with Crippen LogP contribution >= 0.6 is 0 Å². The predicted molar refractivity (Wildman–Crippen MR) is 94.0 cm³/mol. The van der Waals surface area contributed by atoms with Crippen molar-refractivity contribution in [3.63, 3.8) is 0 Å². The quantitative estimate of drug-likeness (QED) is 0.599. The number of alkyl halides is 2. The van der Waals surface area contributed by atoms with E-state index in [1.807, 2.05) is 12.1 Å². The summed E-state index contributed by atoms with van der Waals surface area (Å²) in [4.78, 5) is 18.6. The minimum Gasteiger partial charge on any atom is -0.467 e. The van der Waals surface area contributed by atoms with E-state index in [4.69, 9.17) is 4.42 Å². The van der Waals surface area contributed by atoms with Crippen molar-refractivity contribution in [2.45, 2.75) is 26.1 Å². The molecule has 0 saturated heterocycles. The van der Waals surface area contributed by atoms with Gasteiger partial charge in [-0.05, 0) is 41.5 Å². The van der Waals surface area contributed by atoms with Crippen LogP contribution in [0.2, 0.25) is 0 Å². The summed E-state index contributed by atoms with van der Waals surface area (Å²) >= 11 is 0. The van der Waals surface area contributed by atoms with E-state index in [1.165, 1.54) is 12.1 Å². The van der Waals surface area contributed by atoms with Crippen LogP contribution in [-0.2, 0) is 24.3 Å². The topological polar surface area (TPSA) is 55.6 Å². The molecule has 2 aromatic heterocycles. The normalized spacial score (nSPS) is 10.8. The molecule has 0 fully saturated rings. The summed E-state index contributed by atoms with van der Waals surface area (Å²) in [5.41, 5.74) is 1.61. The first-order valence-electron chi connectivity index (χ1n) is 8.33. The van der Waals surface area contributed by atoms with E-state index in [1.54, 1.807) is 47.8 Å². The van der Waals surface area contributed by atoms with Crippen LogP contribution in [0, 0.1) is 0 Å². The van der Waals surface area contributed by atoms with E-state index in [9.17, 15) is 13.6 Å². The third kappa shape index (κ3) is 5.64. The monoisotopic (exact) mass is 372 g/mol. The van der Waals surface area contributed by atoms with E-state index in [2.05, 4.69) is 9.72 Å². The smallest absolute Gasteiger partial charge is 0.387 e. The molecule has 0 N–H and O–H groups in total. The van der Waals surface area contributed by atoms with Crippen molar-refractivity contribution in [2.75, 3.05) is 0 Å². The van der Waals surface area contributed by atoms with Gasteiger partial charge in [0.05, 0.1) is 19.2 Å². The number of benzene rings is 1. The minimum absolute atomic E-state index is 0.0593. The summed E-state index contributed by atoms with van der Waals surface area (Å²) < 4.78 is 34.1. The summed E-state index contributed by atoms with van der Waals surface area (Å²) in [5.74, 6) is 0.620. The summed E-state index contributed by atoms with van der Waals surface area (Å²) in [6.45, 7) is -2.16. The number of ether oxygens (including phenoxy) is 1. The number of halogens is 2. The molecule has 0 saturated carbocycles. The summed E-state index contributed by atoms with van der Waals surface area (Å²) in [6, 6.07) is 13.3. The Morgan fingerprint density at radius 3 is 2.52 bits per heavy atom. The fraction of sp³-hybridized carbons (Fsp3) is 0.200. The van der Waals surface area contributed by atoms with Gasteiger partial charge in [-0.25, -0.2) is 0 Å². The zero-order valence-corrected chi connectivity index (χ0v) is 14.4. The first kappa shape index (κ1) is 18.6. The number of hydrogen-bond acceptors (Lipinski definition) is 4. The zero-order valence-electron chi connectivity index (χ0n) is 14.4. The Morgan fingerprint density at radius 1 is 1.07 bits per heavy atom. The summed E-state index contributed by atoms with van der Waals surface area (Å²) in [7, 11) is 0. The molecule has 2 heterocycles. The Hall–Kier alpha value is -3.22. The Bertz CT molecular complexity index is 837. The van der Waals surface area contributed by atoms with Gasteiger partial charge in [0.2, 0.25) is 5.91 Å². The second-order valence-electron chi connectivity index (χ2n) is 5.89. The number of pyridine rings is 1. The molecule has 0 bridgehead atoms. The molecule has 0 aliphatic heterocycles. The molecule has 7 heteroatoms. The van der Waals surface area contributed by atoms with Crippen LogP contribution in [0.4, 0.5) is 8.78 Å². The highest BCUT2D eigenvalue weighted by molar-refractivity contribution is 5.78. The van der Waals surface area contributed by atoms with Gasteiger partial charge in [0.1, 0.15) is 11.5 Å². The van der Waals surface area contributed by atoms with Crippen molar-refractivity contribution in [2.24, 2.45) is 0 Å². The fourth-order valence-corrected chi connectivity index (χ4v) is 2.61. The molecule has 0 aliphatic carbocycles. The van der Waals surface area contributed by atoms with Gasteiger partial charge in [-0.2, -0.15) is 8.78 Å². The molecule has 1 aromatic carbocycles. The van der Waals surface area contributed by atoms with Crippen molar-refractivity contribution in [3.05, 3.63) is 84.1 Å². The number of amides is 1. The van der Waals surface area contributed by atoms with Crippen molar-refractivity contribution in [3.8, 4) is 5.75 Å². The minimum atomic E-state index is -2.87. The Labute approximate surface area is 155 Å². The Kier molecular flexibility index (Phi) is 6.14. The SMILES string of the molecule is O=C(Cc1ccc(OC(F)F)cc1)N(Cc1cccnc1)Cc1ccco1. The third-order valence-electron chi connectivity index (χ3n) is 3.88. The number of carbonyl (C=O) groups excluding carboxylic acids is 1. The molecular formula is C20H18F2N2O3. The largest absolute Gasteiger partial charge is 0.467 e. The second-order valence-corrected chi connectivity index (χ2v) is 5.89. The van der Waals surface area contributed by atoms with E-state index in [0.29, 0.717) is 24.4 Å². The molecule has 5 nitrogen and oxygen atoms in total. The van der Waals surface area contributed by atoms with Gasteiger partial charge in [-0.1, -0.05) is 18.2 Å². The standard InChI is InChI=1S/C20H18F2N2O3/c21-20(22)27-17-7-5-15(6-8-17)11-19(25)24(14-18-4-2-10-26-18)13-16-3-1-9-23-12-16/h1-10,12,20H,11,13-14H2. The molecule has 27 heavy (non-hydrogen) atoms. The van der Waals surface area contributed by atoms with Gasteiger partial charge >= 0.3 is 6.61 Å². The van der Waals surface area contributed by atoms with Gasteiger partial charge < -0.3 is 14.1 Å². The predicted octanol–water partition coefficient (Wildman–Crippen LogP) is 4.05. The van der Waals surface area contributed by atoms with Crippen LogP contribution in [0.15, 0.2) is 71.6 Å². The highest BCUT2D eigenvalue weighted by Gasteiger charge is 2.17. The number of furan rings is 1. The first-order valence-corrected chi connectivity index (χ1v) is 8.33. The number of carbonyl (C=O) groups is 1. The molecule has 0 aliphatic rings. The Balaban J connectivity index is 1.70. The first-order chi connectivity index (χ1) is 13.1. The molecule has 0 spiro atoms. The highest BCUT2D eigenvalue weighted by Crippen LogP contribution is 2.17. The lowest BCUT2D eigenvalue weighted by Gasteiger charge is -2.22.